The van der Waals surface area contributed by atoms with Crippen molar-refractivity contribution in [2.45, 2.75) is 18.6 Å². The summed E-state index contributed by atoms with van der Waals surface area (Å²) in [6, 6.07) is 5.96. The summed E-state index contributed by atoms with van der Waals surface area (Å²) in [7, 11) is 0. The molecule has 2 rings (SSSR count). The van der Waals surface area contributed by atoms with Crippen LogP contribution in [0.1, 0.15) is 6.42 Å². The molecule has 6 nitrogen and oxygen atoms in total. The first-order valence-corrected chi connectivity index (χ1v) is 6.54. The van der Waals surface area contributed by atoms with Crippen molar-refractivity contribution in [2.75, 3.05) is 18.4 Å². The number of nitrogens with zero attached hydrogens (tertiary/aromatic N) is 1. The summed E-state index contributed by atoms with van der Waals surface area (Å²) in [4.78, 5) is 24.4. The van der Waals surface area contributed by atoms with E-state index < -0.39 is 18.1 Å². The molecule has 1 fully saturated rings. The van der Waals surface area contributed by atoms with E-state index in [9.17, 15) is 14.7 Å². The highest BCUT2D eigenvalue weighted by molar-refractivity contribution is 6.33. The molecule has 20 heavy (non-hydrogen) atoms. The van der Waals surface area contributed by atoms with Gasteiger partial charge in [0.25, 0.3) is 0 Å². The van der Waals surface area contributed by atoms with Crippen LogP contribution in [0, 0.1) is 0 Å². The molecule has 3 N–H and O–H groups in total. The molecular formula is C13H15ClN2O4. The van der Waals surface area contributed by atoms with Crippen molar-refractivity contribution in [1.29, 1.82) is 0 Å². The molecule has 1 aliphatic heterocycles. The molecule has 0 bridgehead atoms. The van der Waals surface area contributed by atoms with Crippen LogP contribution in [-0.4, -0.2) is 52.2 Å². The van der Waals surface area contributed by atoms with E-state index >= 15 is 0 Å². The van der Waals surface area contributed by atoms with Crippen LogP contribution in [0.2, 0.25) is 5.02 Å². The molecule has 1 amide bonds. The SMILES string of the molecule is O=C(CN1CC(O)CC1C(=O)O)Nc1ccccc1Cl. The van der Waals surface area contributed by atoms with Gasteiger partial charge in [-0.3, -0.25) is 14.5 Å². The van der Waals surface area contributed by atoms with Crippen LogP contribution < -0.4 is 5.32 Å². The van der Waals surface area contributed by atoms with Crippen LogP contribution in [-0.2, 0) is 9.59 Å². The van der Waals surface area contributed by atoms with Crippen LogP contribution >= 0.6 is 11.6 Å². The standard InChI is InChI=1S/C13H15ClN2O4/c14-9-3-1-2-4-10(9)15-12(18)7-16-6-8(17)5-11(16)13(19)20/h1-4,8,11,17H,5-7H2,(H,15,18)(H,19,20). The second-order valence-corrected chi connectivity index (χ2v) is 5.11. The molecule has 1 aromatic carbocycles. The van der Waals surface area contributed by atoms with E-state index in [1.54, 1.807) is 24.3 Å². The van der Waals surface area contributed by atoms with Gasteiger partial charge in [-0.15, -0.1) is 0 Å². The number of carbonyl (C=O) groups is 2. The van der Waals surface area contributed by atoms with Gasteiger partial charge < -0.3 is 15.5 Å². The lowest BCUT2D eigenvalue weighted by atomic mass is 10.2. The molecule has 108 valence electrons. The van der Waals surface area contributed by atoms with Crippen molar-refractivity contribution in [1.82, 2.24) is 4.90 Å². The first kappa shape index (κ1) is 14.8. The van der Waals surface area contributed by atoms with E-state index in [4.69, 9.17) is 16.7 Å². The zero-order chi connectivity index (χ0) is 14.7. The topological polar surface area (TPSA) is 89.9 Å². The number of carbonyl (C=O) groups excluding carboxylic acids is 1. The van der Waals surface area contributed by atoms with Crippen molar-refractivity contribution < 1.29 is 19.8 Å². The second-order valence-electron chi connectivity index (χ2n) is 4.70. The summed E-state index contributed by atoms with van der Waals surface area (Å²) in [5, 5.41) is 21.6. The fraction of sp³-hybridized carbons (Fsp3) is 0.385. The van der Waals surface area contributed by atoms with Gasteiger partial charge >= 0.3 is 5.97 Å². The number of rotatable bonds is 4. The Morgan fingerprint density at radius 1 is 1.40 bits per heavy atom. The Morgan fingerprint density at radius 2 is 2.10 bits per heavy atom. The third kappa shape index (κ3) is 3.47. The minimum atomic E-state index is -1.04. The Morgan fingerprint density at radius 3 is 2.75 bits per heavy atom. The predicted octanol–water partition coefficient (Wildman–Crippen LogP) is 0.798. The Labute approximate surface area is 121 Å². The van der Waals surface area contributed by atoms with Crippen LogP contribution in [0.4, 0.5) is 5.69 Å². The zero-order valence-corrected chi connectivity index (χ0v) is 11.4. The first-order chi connectivity index (χ1) is 9.47. The molecule has 0 saturated carbocycles. The fourth-order valence-corrected chi connectivity index (χ4v) is 2.43. The number of nitrogens with one attached hydrogen (secondary N) is 1. The largest absolute Gasteiger partial charge is 0.480 e. The van der Waals surface area contributed by atoms with E-state index in [-0.39, 0.29) is 25.4 Å². The zero-order valence-electron chi connectivity index (χ0n) is 10.6. The number of hydrogen-bond acceptors (Lipinski definition) is 4. The van der Waals surface area contributed by atoms with Gasteiger partial charge in [0.15, 0.2) is 0 Å². The quantitative estimate of drug-likeness (QED) is 0.765. The summed E-state index contributed by atoms with van der Waals surface area (Å²) >= 11 is 5.92. The monoisotopic (exact) mass is 298 g/mol. The van der Waals surface area contributed by atoms with Crippen molar-refractivity contribution >= 4 is 29.2 Å². The molecule has 2 atom stereocenters. The molecule has 2 unspecified atom stereocenters. The van der Waals surface area contributed by atoms with E-state index in [1.165, 1.54) is 4.90 Å². The normalized spacial score (nSPS) is 22.7. The number of hydrogen-bond donors (Lipinski definition) is 3. The van der Waals surface area contributed by atoms with Crippen LogP contribution in [0.5, 0.6) is 0 Å². The number of amides is 1. The fourth-order valence-electron chi connectivity index (χ4n) is 2.25. The number of halogens is 1. The molecule has 0 spiro atoms. The predicted molar refractivity (Wildman–Crippen MR) is 73.7 cm³/mol. The van der Waals surface area contributed by atoms with Crippen molar-refractivity contribution in [3.8, 4) is 0 Å². The Bertz CT molecular complexity index is 523. The number of aliphatic hydroxyl groups excluding tert-OH is 1. The number of carboxylic acid groups (broad SMARTS) is 1. The van der Waals surface area contributed by atoms with Gasteiger partial charge in [0, 0.05) is 13.0 Å². The van der Waals surface area contributed by atoms with Crippen LogP contribution in [0.3, 0.4) is 0 Å². The number of β-amino-alcohol motifs (C(OH)–C–C–N with tert-alkyl or cyclic N) is 1. The van der Waals surface area contributed by atoms with Gasteiger partial charge in [-0.05, 0) is 12.1 Å². The van der Waals surface area contributed by atoms with Gasteiger partial charge in [-0.25, -0.2) is 0 Å². The van der Waals surface area contributed by atoms with Crippen molar-refractivity contribution in [2.24, 2.45) is 0 Å². The molecule has 7 heteroatoms. The van der Waals surface area contributed by atoms with Gasteiger partial charge in [-0.1, -0.05) is 23.7 Å². The smallest absolute Gasteiger partial charge is 0.321 e. The molecule has 1 aromatic rings. The molecule has 1 aliphatic rings. The number of anilines is 1. The number of aliphatic carboxylic acids is 1. The number of para-hydroxylation sites is 1. The Hall–Kier alpha value is -1.63. The number of carboxylic acids is 1. The minimum Gasteiger partial charge on any atom is -0.480 e. The van der Waals surface area contributed by atoms with E-state index in [0.29, 0.717) is 10.7 Å². The number of benzene rings is 1. The highest BCUT2D eigenvalue weighted by Crippen LogP contribution is 2.21. The summed E-state index contributed by atoms with van der Waals surface area (Å²) in [5.74, 6) is -1.40. The van der Waals surface area contributed by atoms with E-state index in [2.05, 4.69) is 5.32 Å². The average molecular weight is 299 g/mol. The maximum atomic E-state index is 11.9. The number of aliphatic hydroxyl groups is 1. The molecule has 0 aliphatic carbocycles. The second kappa shape index (κ2) is 6.21. The maximum Gasteiger partial charge on any atom is 0.321 e. The third-order valence-electron chi connectivity index (χ3n) is 3.16. The minimum absolute atomic E-state index is 0.0980. The van der Waals surface area contributed by atoms with Crippen LogP contribution in [0.25, 0.3) is 0 Å². The van der Waals surface area contributed by atoms with Crippen molar-refractivity contribution in [3.63, 3.8) is 0 Å². The van der Waals surface area contributed by atoms with Crippen LogP contribution in [0.15, 0.2) is 24.3 Å². The highest BCUT2D eigenvalue weighted by Gasteiger charge is 2.36. The van der Waals surface area contributed by atoms with Crippen molar-refractivity contribution in [3.05, 3.63) is 29.3 Å². The molecule has 1 saturated heterocycles. The lowest BCUT2D eigenvalue weighted by molar-refractivity contribution is -0.142. The Kier molecular flexibility index (Phi) is 4.59. The first-order valence-electron chi connectivity index (χ1n) is 6.16. The van der Waals surface area contributed by atoms with Gasteiger partial charge in [0.05, 0.1) is 23.4 Å². The summed E-state index contributed by atoms with van der Waals surface area (Å²) in [5.41, 5.74) is 0.478. The molecular weight excluding hydrogens is 284 g/mol. The van der Waals surface area contributed by atoms with Gasteiger partial charge in [0.2, 0.25) is 5.91 Å². The molecule has 0 aromatic heterocycles. The lowest BCUT2D eigenvalue weighted by Crippen LogP contribution is -2.41. The van der Waals surface area contributed by atoms with E-state index in [1.807, 2.05) is 0 Å². The third-order valence-corrected chi connectivity index (χ3v) is 3.49. The summed E-state index contributed by atoms with van der Waals surface area (Å²) < 4.78 is 0. The highest BCUT2D eigenvalue weighted by atomic mass is 35.5. The lowest BCUT2D eigenvalue weighted by Gasteiger charge is -2.20. The number of likely N-dealkylation sites (tertiary alicyclic amines) is 1. The Balaban J connectivity index is 1.98. The van der Waals surface area contributed by atoms with E-state index in [0.717, 1.165) is 0 Å². The summed E-state index contributed by atoms with van der Waals surface area (Å²) in [6.45, 7) is 0.0756. The summed E-state index contributed by atoms with van der Waals surface area (Å²) in [6.07, 6.45) is -0.585. The average Bonchev–Trinajstić information content (AvgIpc) is 2.73. The van der Waals surface area contributed by atoms with Gasteiger partial charge in [0.1, 0.15) is 6.04 Å². The molecule has 1 heterocycles. The maximum absolute atomic E-state index is 11.9. The van der Waals surface area contributed by atoms with Gasteiger partial charge in [-0.2, -0.15) is 0 Å². The molecule has 0 radical (unpaired) electrons.